The minimum absolute atomic E-state index is 0.00783. The fraction of sp³-hybridized carbons (Fsp3) is 0.0625. The molecule has 68 heavy (non-hydrogen) atoms. The monoisotopic (exact) mass is 908 g/mol. The molecule has 326 valence electrons. The molecule has 1 heterocycles. The summed E-state index contributed by atoms with van der Waals surface area (Å²) in [5, 5.41) is 16.7. The van der Waals surface area contributed by atoms with Crippen LogP contribution in [0.3, 0.4) is 0 Å². The normalized spacial score (nSPS) is 17.0. The van der Waals surface area contributed by atoms with Crippen molar-refractivity contribution in [2.24, 2.45) is 0 Å². The van der Waals surface area contributed by atoms with Gasteiger partial charge in [0.2, 0.25) is 0 Å². The van der Waals surface area contributed by atoms with Gasteiger partial charge >= 0.3 is 0 Å². The van der Waals surface area contributed by atoms with Crippen molar-refractivity contribution in [2.75, 3.05) is 17.2 Å². The zero-order chi connectivity index (χ0) is 45.3. The number of rotatable bonds is 8. The smallest absolute Gasteiger partial charge is 0.106 e. The van der Waals surface area contributed by atoms with Gasteiger partial charge in [0.25, 0.3) is 0 Å². The SMILES string of the molecule is c1ccc(P(c2ccccc2)c2ccccc2C2c3ccccc3C3(CNc4ccccc4[C@@H](c4ccccc4P(c4ccccc4)c4ccccc4)c4ccccc4N3)c3ccccc32)cc1. The second-order valence-electron chi connectivity index (χ2n) is 17.7. The standard InChI is InChI=1S/C64H50N2P2/c1-5-25-46(26-6-1)67(47-27-7-2-8-28-47)60-43-23-17-37-54(60)62-50-33-13-19-39-56(50)64(57-40-20-14-34-51(57)62)45-65-58-41-21-15-35-52(58)63(53-36-16-22-42-59(53)66-64)55-38-18-24-44-61(55)68(48-29-9-3-10-30-48)49-31-11-4-12-32-49/h1-44,62-63,65-66H,45H2/t62?,63-,64?/m1/s1. The summed E-state index contributed by atoms with van der Waals surface area (Å²) in [5.74, 6) is -0.0662. The van der Waals surface area contributed by atoms with Crippen molar-refractivity contribution in [1.82, 2.24) is 0 Å². The van der Waals surface area contributed by atoms with Gasteiger partial charge in [-0.15, -0.1) is 0 Å². The van der Waals surface area contributed by atoms with Crippen molar-refractivity contribution in [3.8, 4) is 0 Å². The Kier molecular flexibility index (Phi) is 11.4. The van der Waals surface area contributed by atoms with E-state index in [4.69, 9.17) is 0 Å². The van der Waals surface area contributed by atoms with E-state index in [9.17, 15) is 0 Å². The maximum atomic E-state index is 4.42. The van der Waals surface area contributed by atoms with E-state index < -0.39 is 21.4 Å². The molecule has 2 aliphatic rings. The van der Waals surface area contributed by atoms with E-state index in [0.29, 0.717) is 6.54 Å². The predicted octanol–water partition coefficient (Wildman–Crippen LogP) is 12.7. The summed E-state index contributed by atoms with van der Waals surface area (Å²) in [4.78, 5) is 0. The molecule has 0 amide bonds. The lowest BCUT2D eigenvalue weighted by Gasteiger charge is -2.46. The first-order chi connectivity index (χ1) is 33.8. The molecular weight excluding hydrogens is 859 g/mol. The van der Waals surface area contributed by atoms with E-state index >= 15 is 0 Å². The van der Waals surface area contributed by atoms with Crippen LogP contribution in [0.25, 0.3) is 0 Å². The van der Waals surface area contributed by atoms with Crippen LogP contribution in [0.2, 0.25) is 0 Å². The van der Waals surface area contributed by atoms with Gasteiger partial charge in [-0.05, 0) is 104 Å². The van der Waals surface area contributed by atoms with Crippen LogP contribution in [0.15, 0.2) is 267 Å². The number of hydrogen-bond donors (Lipinski definition) is 2. The van der Waals surface area contributed by atoms with E-state index in [-0.39, 0.29) is 11.8 Å². The van der Waals surface area contributed by atoms with Crippen molar-refractivity contribution in [3.63, 3.8) is 0 Å². The summed E-state index contributed by atoms with van der Waals surface area (Å²) in [7, 11) is -1.74. The van der Waals surface area contributed by atoms with Crippen molar-refractivity contribution in [3.05, 3.63) is 311 Å². The molecule has 0 saturated heterocycles. The number of fused-ring (bicyclic) bond motifs is 6. The molecule has 2 nitrogen and oxygen atoms in total. The highest BCUT2D eigenvalue weighted by molar-refractivity contribution is 7.80. The first-order valence-electron chi connectivity index (χ1n) is 23.6. The Morgan fingerprint density at radius 2 is 0.603 bits per heavy atom. The molecule has 10 aromatic rings. The summed E-state index contributed by atoms with van der Waals surface area (Å²) < 4.78 is 0. The lowest BCUT2D eigenvalue weighted by atomic mass is 9.66. The molecule has 0 fully saturated rings. The van der Waals surface area contributed by atoms with Crippen LogP contribution in [-0.4, -0.2) is 6.54 Å². The van der Waals surface area contributed by atoms with E-state index in [2.05, 4.69) is 278 Å². The average molecular weight is 909 g/mol. The van der Waals surface area contributed by atoms with Gasteiger partial charge in [-0.1, -0.05) is 255 Å². The maximum absolute atomic E-state index is 4.42. The highest BCUT2D eigenvalue weighted by Gasteiger charge is 2.46. The number of hydrogen-bond acceptors (Lipinski definition) is 2. The molecule has 0 bridgehead atoms. The summed E-state index contributed by atoms with van der Waals surface area (Å²) in [6.45, 7) is 0.636. The van der Waals surface area contributed by atoms with Crippen molar-refractivity contribution in [2.45, 2.75) is 17.4 Å². The predicted molar refractivity (Wildman–Crippen MR) is 291 cm³/mol. The molecule has 1 atom stereocenters. The van der Waals surface area contributed by atoms with Gasteiger partial charge in [0.05, 0.1) is 0 Å². The molecular formula is C64H50N2P2. The Morgan fingerprint density at radius 1 is 0.294 bits per heavy atom. The zero-order valence-electron chi connectivity index (χ0n) is 37.7. The molecule has 2 N–H and O–H groups in total. The molecule has 10 aromatic carbocycles. The van der Waals surface area contributed by atoms with Crippen LogP contribution < -0.4 is 42.5 Å². The van der Waals surface area contributed by atoms with Crippen LogP contribution in [-0.2, 0) is 5.54 Å². The molecule has 0 saturated carbocycles. The highest BCUT2D eigenvalue weighted by atomic mass is 31.1. The van der Waals surface area contributed by atoms with Crippen LogP contribution >= 0.6 is 15.8 Å². The summed E-state index contributed by atoms with van der Waals surface area (Å²) in [5.41, 5.74) is 12.1. The third-order valence-corrected chi connectivity index (χ3v) is 19.0. The number of para-hydroxylation sites is 2. The van der Waals surface area contributed by atoms with Crippen LogP contribution in [0.1, 0.15) is 56.3 Å². The van der Waals surface area contributed by atoms with E-state index in [1.54, 1.807) is 0 Å². The van der Waals surface area contributed by atoms with Gasteiger partial charge in [-0.3, -0.25) is 0 Å². The maximum Gasteiger partial charge on any atom is 0.106 e. The highest BCUT2D eigenvalue weighted by Crippen LogP contribution is 2.53. The Hall–Kier alpha value is -7.34. The molecule has 1 spiro atoms. The van der Waals surface area contributed by atoms with Gasteiger partial charge in [0.15, 0.2) is 0 Å². The Bertz CT molecular complexity index is 3230. The lowest BCUT2D eigenvalue weighted by molar-refractivity contribution is 0.584. The lowest BCUT2D eigenvalue weighted by Crippen LogP contribution is -2.47. The Morgan fingerprint density at radius 3 is 1.04 bits per heavy atom. The second-order valence-corrected chi connectivity index (χ2v) is 22.1. The minimum atomic E-state index is -0.885. The van der Waals surface area contributed by atoms with Crippen LogP contribution in [0, 0.1) is 0 Å². The van der Waals surface area contributed by atoms with Gasteiger partial charge in [0, 0.05) is 29.8 Å². The van der Waals surface area contributed by atoms with E-state index in [1.165, 1.54) is 76.3 Å². The molecule has 1 aliphatic heterocycles. The molecule has 0 unspecified atom stereocenters. The Labute approximate surface area is 402 Å². The minimum Gasteiger partial charge on any atom is -0.382 e. The van der Waals surface area contributed by atoms with Crippen molar-refractivity contribution >= 4 is 59.0 Å². The quantitative estimate of drug-likeness (QED) is 0.148. The van der Waals surface area contributed by atoms with E-state index in [0.717, 1.165) is 11.4 Å². The second kappa shape index (κ2) is 18.4. The summed E-state index contributed by atoms with van der Waals surface area (Å²) in [6.07, 6.45) is 0. The fourth-order valence-electron chi connectivity index (χ4n) is 11.1. The van der Waals surface area contributed by atoms with Gasteiger partial charge in [-0.25, -0.2) is 0 Å². The largest absolute Gasteiger partial charge is 0.382 e. The first kappa shape index (κ1) is 42.0. The summed E-state index contributed by atoms with van der Waals surface area (Å²) >= 11 is 0. The van der Waals surface area contributed by atoms with Crippen LogP contribution in [0.4, 0.5) is 11.4 Å². The number of anilines is 2. The van der Waals surface area contributed by atoms with Gasteiger partial charge < -0.3 is 10.6 Å². The van der Waals surface area contributed by atoms with Gasteiger partial charge in [0.1, 0.15) is 5.54 Å². The van der Waals surface area contributed by atoms with Gasteiger partial charge in [-0.2, -0.15) is 0 Å². The fourth-order valence-corrected chi connectivity index (χ4v) is 16.0. The van der Waals surface area contributed by atoms with Crippen molar-refractivity contribution < 1.29 is 0 Å². The molecule has 4 heteroatoms. The third kappa shape index (κ3) is 7.46. The molecule has 0 aromatic heterocycles. The van der Waals surface area contributed by atoms with Crippen molar-refractivity contribution in [1.29, 1.82) is 0 Å². The average Bonchev–Trinajstić information content (AvgIpc) is 3.47. The summed E-state index contributed by atoms with van der Waals surface area (Å²) in [6, 6.07) is 99.6. The zero-order valence-corrected chi connectivity index (χ0v) is 39.4. The first-order valence-corrected chi connectivity index (χ1v) is 26.3. The number of benzene rings is 10. The molecule has 1 aliphatic carbocycles. The number of nitrogens with one attached hydrogen (secondary N) is 2. The van der Waals surface area contributed by atoms with Crippen LogP contribution in [0.5, 0.6) is 0 Å². The molecule has 12 rings (SSSR count). The Balaban J connectivity index is 1.06. The molecule has 0 radical (unpaired) electrons. The third-order valence-electron chi connectivity index (χ3n) is 13.9. The topological polar surface area (TPSA) is 24.1 Å². The van der Waals surface area contributed by atoms with E-state index in [1.807, 2.05) is 0 Å².